The van der Waals surface area contributed by atoms with E-state index < -0.39 is 17.8 Å². The molecule has 19 heteroatoms. The number of aromatic amines is 1. The normalized spacial score (nSPS) is 17.8. The quantitative estimate of drug-likeness (QED) is 0.0642. The number of benzene rings is 4. The summed E-state index contributed by atoms with van der Waals surface area (Å²) in [5, 5.41) is 17.6. The zero-order chi connectivity index (χ0) is 56.0. The molecule has 1 unspecified atom stereocenters. The predicted octanol–water partition coefficient (Wildman–Crippen LogP) is 5.82. The molecule has 5 aromatic rings. The third kappa shape index (κ3) is 14.6. The third-order valence-electron chi connectivity index (χ3n) is 16.2. The number of nitrogens with one attached hydrogen (secondary N) is 4. The monoisotopic (exact) mass is 1100 g/mol. The fourth-order valence-corrected chi connectivity index (χ4v) is 11.7. The standard InChI is InChI=1S/C61H76FN9O9/c1-3-79-54-36-48(78-2)20-19-45(54)37-64-39-56(73)71-25-10-15-46(40-71)43-13-9-14-44(35-43)58(74)65-57(42-11-5-4-6-12-42)61(77)69-26-22-47(23-27-69)80-32-24-63-38-55(72)68-28-30-70(31-29-68)60(76)51-33-41(18-21-52(51)62)34-53-49-16-7-8-17-50(49)59(75)67-66-53/h7-9,13-14,16-21,33,35-36,42,46-47,57,63-64H,3-6,10-12,15,22-32,34,37-40H2,1-2H3,(H,65,74)(H,67,75)/t46?,57-/m1/s1. The van der Waals surface area contributed by atoms with Gasteiger partial charge in [-0.25, -0.2) is 9.49 Å². The molecule has 1 saturated carbocycles. The lowest BCUT2D eigenvalue weighted by atomic mass is 9.83. The minimum atomic E-state index is -0.632. The minimum Gasteiger partial charge on any atom is -0.497 e. The van der Waals surface area contributed by atoms with Gasteiger partial charge in [0.05, 0.1) is 56.2 Å². The van der Waals surface area contributed by atoms with E-state index in [-0.39, 0.29) is 78.9 Å². The van der Waals surface area contributed by atoms with Gasteiger partial charge in [0.1, 0.15) is 23.4 Å². The second-order valence-electron chi connectivity index (χ2n) is 21.4. The number of carbonyl (C=O) groups excluding carboxylic acids is 5. The summed E-state index contributed by atoms with van der Waals surface area (Å²) in [7, 11) is 1.62. The van der Waals surface area contributed by atoms with Crippen LogP contribution in [0.2, 0.25) is 0 Å². The maximum Gasteiger partial charge on any atom is 0.272 e. The van der Waals surface area contributed by atoms with E-state index in [1.54, 1.807) is 41.2 Å². The number of aromatic nitrogens is 2. The van der Waals surface area contributed by atoms with Crippen LogP contribution in [0.5, 0.6) is 11.5 Å². The van der Waals surface area contributed by atoms with Gasteiger partial charge in [0, 0.05) is 100 Å². The van der Waals surface area contributed by atoms with E-state index in [1.165, 1.54) is 12.1 Å². The smallest absolute Gasteiger partial charge is 0.272 e. The molecule has 80 heavy (non-hydrogen) atoms. The van der Waals surface area contributed by atoms with Crippen molar-refractivity contribution < 1.29 is 42.6 Å². The molecule has 4 aliphatic rings. The van der Waals surface area contributed by atoms with Gasteiger partial charge >= 0.3 is 0 Å². The summed E-state index contributed by atoms with van der Waals surface area (Å²) in [5.74, 6) is 0.0966. The summed E-state index contributed by atoms with van der Waals surface area (Å²) in [6.45, 7) is 7.52. The number of ether oxygens (including phenoxy) is 3. The van der Waals surface area contributed by atoms with Crippen LogP contribution in [0.25, 0.3) is 10.8 Å². The number of carbonyl (C=O) groups is 5. The van der Waals surface area contributed by atoms with Gasteiger partial charge in [-0.05, 0) is 98.9 Å². The van der Waals surface area contributed by atoms with Crippen molar-refractivity contribution >= 4 is 40.3 Å². The van der Waals surface area contributed by atoms with E-state index in [4.69, 9.17) is 14.2 Å². The summed E-state index contributed by atoms with van der Waals surface area (Å²) < 4.78 is 32.5. The number of H-pyrrole nitrogens is 1. The summed E-state index contributed by atoms with van der Waals surface area (Å²) in [4.78, 5) is 88.0. The number of methoxy groups -OCH3 is 1. The topological polar surface area (TPSA) is 208 Å². The second-order valence-corrected chi connectivity index (χ2v) is 21.4. The zero-order valence-corrected chi connectivity index (χ0v) is 46.2. The van der Waals surface area contributed by atoms with Crippen molar-refractivity contribution in [2.45, 2.75) is 95.7 Å². The molecule has 3 aliphatic heterocycles. The molecule has 426 valence electrons. The molecule has 2 atom stereocenters. The van der Waals surface area contributed by atoms with Crippen LogP contribution in [0.15, 0.2) is 89.7 Å². The van der Waals surface area contributed by atoms with Crippen LogP contribution in [0.4, 0.5) is 4.39 Å². The maximum atomic E-state index is 15.1. The molecule has 4 heterocycles. The lowest BCUT2D eigenvalue weighted by Crippen LogP contribution is -2.54. The SMILES string of the molecule is CCOc1cc(OC)ccc1CNCC(=O)N1CCCC(c2cccc(C(=O)N[C@@H](C(=O)N3CCC(OCCNCC(=O)N4CCN(C(=O)c5cc(Cc6n[nH]c(=O)c7ccccc67)ccc5F)CC4)CC3)C3CCCCC3)c2)C1. The Morgan fingerprint density at radius 3 is 2.27 bits per heavy atom. The Labute approximate surface area is 467 Å². The summed E-state index contributed by atoms with van der Waals surface area (Å²) in [6, 6.07) is 24.2. The second kappa shape index (κ2) is 27.8. The van der Waals surface area contributed by atoms with Gasteiger partial charge in [-0.2, -0.15) is 5.10 Å². The third-order valence-corrected chi connectivity index (χ3v) is 16.2. The summed E-state index contributed by atoms with van der Waals surface area (Å²) in [6.07, 6.45) is 8.24. The molecule has 4 fully saturated rings. The number of amides is 5. The highest BCUT2D eigenvalue weighted by Gasteiger charge is 2.36. The molecule has 0 bridgehead atoms. The highest BCUT2D eigenvalue weighted by Crippen LogP contribution is 2.31. The first-order valence-corrected chi connectivity index (χ1v) is 28.6. The molecule has 18 nitrogen and oxygen atoms in total. The molecule has 0 spiro atoms. The number of rotatable bonds is 21. The number of nitrogens with zero attached hydrogens (tertiary/aromatic N) is 5. The van der Waals surface area contributed by atoms with Crippen molar-refractivity contribution in [1.82, 2.24) is 45.7 Å². The van der Waals surface area contributed by atoms with Crippen LogP contribution in [0, 0.1) is 11.7 Å². The van der Waals surface area contributed by atoms with Crippen LogP contribution < -0.4 is 31.0 Å². The van der Waals surface area contributed by atoms with Crippen molar-refractivity contribution in [2.24, 2.45) is 5.92 Å². The average Bonchev–Trinajstić information content (AvgIpc) is 3.61. The maximum absolute atomic E-state index is 15.1. The van der Waals surface area contributed by atoms with Crippen molar-refractivity contribution in [3.8, 4) is 11.5 Å². The number of piperidine rings is 2. The van der Waals surface area contributed by atoms with Gasteiger partial charge in [0.15, 0.2) is 0 Å². The Morgan fingerprint density at radius 2 is 1.50 bits per heavy atom. The molecule has 9 rings (SSSR count). The fourth-order valence-electron chi connectivity index (χ4n) is 11.7. The van der Waals surface area contributed by atoms with Gasteiger partial charge < -0.3 is 49.8 Å². The van der Waals surface area contributed by atoms with Crippen molar-refractivity contribution in [1.29, 1.82) is 0 Å². The minimum absolute atomic E-state index is 0.0246. The molecule has 4 aromatic carbocycles. The van der Waals surface area contributed by atoms with Gasteiger partial charge in [-0.15, -0.1) is 0 Å². The zero-order valence-electron chi connectivity index (χ0n) is 46.2. The van der Waals surface area contributed by atoms with E-state index in [0.29, 0.717) is 118 Å². The molecule has 3 saturated heterocycles. The van der Waals surface area contributed by atoms with Gasteiger partial charge in [-0.3, -0.25) is 28.8 Å². The summed E-state index contributed by atoms with van der Waals surface area (Å²) in [5.41, 5.74) is 3.40. The van der Waals surface area contributed by atoms with Crippen LogP contribution in [0.1, 0.15) is 114 Å². The lowest BCUT2D eigenvalue weighted by molar-refractivity contribution is -0.137. The van der Waals surface area contributed by atoms with Gasteiger partial charge in [0.25, 0.3) is 17.4 Å². The number of fused-ring (bicyclic) bond motifs is 1. The molecule has 1 aromatic heterocycles. The highest BCUT2D eigenvalue weighted by molar-refractivity contribution is 5.98. The number of piperazine rings is 1. The molecule has 1 aliphatic carbocycles. The first-order valence-electron chi connectivity index (χ1n) is 28.6. The number of hydrogen-bond acceptors (Lipinski definition) is 12. The lowest BCUT2D eigenvalue weighted by Gasteiger charge is -2.37. The number of likely N-dealkylation sites (tertiary alicyclic amines) is 2. The molecular formula is C61H76FN9O9. The molecule has 5 amide bonds. The van der Waals surface area contributed by atoms with Crippen molar-refractivity contribution in [3.05, 3.63) is 135 Å². The Morgan fingerprint density at radius 1 is 0.750 bits per heavy atom. The van der Waals surface area contributed by atoms with Gasteiger partial charge in [-0.1, -0.05) is 61.7 Å². The Hall–Kier alpha value is -7.22. The number of halogens is 1. The van der Waals surface area contributed by atoms with E-state index in [9.17, 15) is 28.8 Å². The fraction of sp³-hybridized carbons (Fsp3) is 0.492. The largest absolute Gasteiger partial charge is 0.497 e. The van der Waals surface area contributed by atoms with E-state index in [2.05, 4.69) is 26.1 Å². The summed E-state index contributed by atoms with van der Waals surface area (Å²) >= 11 is 0. The molecular weight excluding hydrogens is 1020 g/mol. The van der Waals surface area contributed by atoms with Crippen LogP contribution in [0.3, 0.4) is 0 Å². The van der Waals surface area contributed by atoms with Crippen LogP contribution in [-0.2, 0) is 32.1 Å². The predicted molar refractivity (Wildman–Crippen MR) is 301 cm³/mol. The first-order chi connectivity index (χ1) is 39.0. The van der Waals surface area contributed by atoms with Crippen molar-refractivity contribution in [2.75, 3.05) is 92.3 Å². The van der Waals surface area contributed by atoms with E-state index in [0.717, 1.165) is 61.8 Å². The van der Waals surface area contributed by atoms with E-state index in [1.807, 2.05) is 65.3 Å². The highest BCUT2D eigenvalue weighted by atomic mass is 19.1. The van der Waals surface area contributed by atoms with Crippen LogP contribution >= 0.6 is 0 Å². The first kappa shape index (κ1) is 57.5. The Bertz CT molecular complexity index is 3020. The van der Waals surface area contributed by atoms with Crippen molar-refractivity contribution in [3.63, 3.8) is 0 Å². The van der Waals surface area contributed by atoms with Crippen LogP contribution in [-0.4, -0.2) is 164 Å². The molecule has 4 N–H and O–H groups in total. The van der Waals surface area contributed by atoms with E-state index >= 15 is 4.39 Å². The average molecular weight is 1100 g/mol. The number of hydrogen-bond donors (Lipinski definition) is 4. The Kier molecular flexibility index (Phi) is 20.0. The Balaban J connectivity index is 0.689. The molecule has 0 radical (unpaired) electrons. The van der Waals surface area contributed by atoms with Gasteiger partial charge in [0.2, 0.25) is 17.7 Å².